The first-order chi connectivity index (χ1) is 24.0. The summed E-state index contributed by atoms with van der Waals surface area (Å²) in [6.07, 6.45) is 0.856. The maximum absolute atomic E-state index is 14.7. The molecular formula is C37H41Cl2N3O7S. The van der Waals surface area contributed by atoms with Gasteiger partial charge in [0.05, 0.1) is 41.5 Å². The van der Waals surface area contributed by atoms with Crippen LogP contribution in [0.2, 0.25) is 10.0 Å². The maximum Gasteiger partial charge on any atom is 0.264 e. The number of anilines is 1. The monoisotopic (exact) mass is 741 g/mol. The number of hydrogen-bond donors (Lipinski definition) is 1. The molecule has 4 aromatic rings. The minimum absolute atomic E-state index is 0.0553. The van der Waals surface area contributed by atoms with Crippen molar-refractivity contribution in [1.29, 1.82) is 0 Å². The zero-order valence-electron chi connectivity index (χ0n) is 28.4. The molecule has 13 heteroatoms. The van der Waals surface area contributed by atoms with Crippen LogP contribution in [0.3, 0.4) is 0 Å². The zero-order valence-corrected chi connectivity index (χ0v) is 30.7. The van der Waals surface area contributed by atoms with Crippen molar-refractivity contribution < 1.29 is 32.2 Å². The average Bonchev–Trinajstić information content (AvgIpc) is 3.12. The molecule has 4 aromatic carbocycles. The first-order valence-electron chi connectivity index (χ1n) is 16.0. The number of rotatable bonds is 17. The van der Waals surface area contributed by atoms with Crippen LogP contribution in [0.25, 0.3) is 0 Å². The van der Waals surface area contributed by atoms with Crippen LogP contribution in [-0.2, 0) is 32.6 Å². The number of nitrogens with zero attached hydrogens (tertiary/aromatic N) is 2. The Labute approximate surface area is 303 Å². The Morgan fingerprint density at radius 2 is 1.52 bits per heavy atom. The van der Waals surface area contributed by atoms with E-state index in [0.717, 1.165) is 9.87 Å². The molecule has 0 aromatic heterocycles. The molecule has 0 heterocycles. The van der Waals surface area contributed by atoms with Crippen LogP contribution in [0, 0.1) is 0 Å². The first kappa shape index (κ1) is 38.4. The summed E-state index contributed by atoms with van der Waals surface area (Å²) in [5, 5.41) is 3.53. The molecular weight excluding hydrogens is 701 g/mol. The molecule has 0 saturated heterocycles. The van der Waals surface area contributed by atoms with Crippen LogP contribution in [0.4, 0.5) is 5.69 Å². The number of hydrogen-bond acceptors (Lipinski definition) is 7. The van der Waals surface area contributed by atoms with E-state index in [9.17, 15) is 18.0 Å². The third-order valence-electron chi connectivity index (χ3n) is 7.81. The molecule has 50 heavy (non-hydrogen) atoms. The number of nitrogens with one attached hydrogen (secondary N) is 1. The molecule has 0 radical (unpaired) electrons. The van der Waals surface area contributed by atoms with Gasteiger partial charge in [-0.05, 0) is 73.0 Å². The predicted octanol–water partition coefficient (Wildman–Crippen LogP) is 6.77. The Balaban J connectivity index is 1.84. The molecule has 0 fully saturated rings. The lowest BCUT2D eigenvalue weighted by molar-refractivity contribution is -0.140. The number of halogens is 2. The highest BCUT2D eigenvalue weighted by Gasteiger charge is 2.35. The average molecular weight is 743 g/mol. The summed E-state index contributed by atoms with van der Waals surface area (Å²) in [5.74, 6) is 0.0666. The number of carbonyl (C=O) groups is 2. The molecule has 0 aliphatic rings. The Kier molecular flexibility index (Phi) is 13.8. The number of amides is 2. The van der Waals surface area contributed by atoms with Crippen molar-refractivity contribution in [1.82, 2.24) is 10.2 Å². The largest absolute Gasteiger partial charge is 0.494 e. The van der Waals surface area contributed by atoms with E-state index in [1.165, 1.54) is 37.3 Å². The molecule has 0 bridgehead atoms. The fourth-order valence-corrected chi connectivity index (χ4v) is 7.01. The van der Waals surface area contributed by atoms with Crippen LogP contribution in [0.15, 0.2) is 95.9 Å². The fraction of sp³-hybridized carbons (Fsp3) is 0.297. The van der Waals surface area contributed by atoms with Gasteiger partial charge in [0, 0.05) is 25.6 Å². The summed E-state index contributed by atoms with van der Waals surface area (Å²) in [7, 11) is -1.55. The SMILES string of the molecule is CCCNC(=O)C(Cc1ccccc1)N(Cc1ccc(Cl)c(Cl)c1)C(=O)CN(c1ccc(OCC)cc1)S(=O)(=O)c1ccc(OC)c(OC)c1. The minimum Gasteiger partial charge on any atom is -0.494 e. The van der Waals surface area contributed by atoms with E-state index in [-0.39, 0.29) is 40.2 Å². The van der Waals surface area contributed by atoms with Crippen molar-refractivity contribution in [3.63, 3.8) is 0 Å². The van der Waals surface area contributed by atoms with Gasteiger partial charge in [0.2, 0.25) is 11.8 Å². The van der Waals surface area contributed by atoms with Crippen LogP contribution in [0.5, 0.6) is 17.2 Å². The second-order valence-corrected chi connectivity index (χ2v) is 13.9. The van der Waals surface area contributed by atoms with Crippen LogP contribution >= 0.6 is 23.2 Å². The summed E-state index contributed by atoms with van der Waals surface area (Å²) >= 11 is 12.6. The molecule has 2 amide bonds. The van der Waals surface area contributed by atoms with Crippen molar-refractivity contribution in [2.75, 3.05) is 38.2 Å². The lowest BCUT2D eigenvalue weighted by Crippen LogP contribution is -2.53. The molecule has 4 rings (SSSR count). The molecule has 0 spiro atoms. The summed E-state index contributed by atoms with van der Waals surface area (Å²) < 4.78 is 46.2. The number of benzene rings is 4. The molecule has 0 saturated carbocycles. The molecule has 266 valence electrons. The quantitative estimate of drug-likeness (QED) is 0.127. The highest BCUT2D eigenvalue weighted by Crippen LogP contribution is 2.33. The van der Waals surface area contributed by atoms with Gasteiger partial charge in [-0.25, -0.2) is 8.42 Å². The van der Waals surface area contributed by atoms with Gasteiger partial charge in [-0.15, -0.1) is 0 Å². The lowest BCUT2D eigenvalue weighted by atomic mass is 10.0. The second kappa shape index (κ2) is 18.0. The zero-order chi connectivity index (χ0) is 36.3. The summed E-state index contributed by atoms with van der Waals surface area (Å²) in [4.78, 5) is 29.8. The molecule has 1 atom stereocenters. The van der Waals surface area contributed by atoms with E-state index in [4.69, 9.17) is 37.4 Å². The Morgan fingerprint density at radius 1 is 0.820 bits per heavy atom. The summed E-state index contributed by atoms with van der Waals surface area (Å²) in [6, 6.07) is 23.8. The maximum atomic E-state index is 14.7. The lowest BCUT2D eigenvalue weighted by Gasteiger charge is -2.34. The molecule has 0 aliphatic carbocycles. The minimum atomic E-state index is -4.40. The van der Waals surface area contributed by atoms with Gasteiger partial charge in [0.15, 0.2) is 11.5 Å². The van der Waals surface area contributed by atoms with Gasteiger partial charge in [0.25, 0.3) is 10.0 Å². The van der Waals surface area contributed by atoms with Crippen LogP contribution < -0.4 is 23.8 Å². The highest BCUT2D eigenvalue weighted by molar-refractivity contribution is 7.92. The van der Waals surface area contributed by atoms with Gasteiger partial charge in [-0.1, -0.05) is 66.5 Å². The fourth-order valence-electron chi connectivity index (χ4n) is 5.26. The second-order valence-electron chi connectivity index (χ2n) is 11.2. The smallest absolute Gasteiger partial charge is 0.264 e. The van der Waals surface area contributed by atoms with Crippen molar-refractivity contribution in [3.8, 4) is 17.2 Å². The number of methoxy groups -OCH3 is 2. The van der Waals surface area contributed by atoms with Crippen molar-refractivity contribution in [3.05, 3.63) is 112 Å². The molecule has 10 nitrogen and oxygen atoms in total. The van der Waals surface area contributed by atoms with Crippen molar-refractivity contribution in [2.45, 2.75) is 44.2 Å². The van der Waals surface area contributed by atoms with Gasteiger partial charge >= 0.3 is 0 Å². The number of sulfonamides is 1. The van der Waals surface area contributed by atoms with Gasteiger partial charge in [0.1, 0.15) is 18.3 Å². The van der Waals surface area contributed by atoms with E-state index in [0.29, 0.717) is 41.7 Å². The van der Waals surface area contributed by atoms with E-state index in [1.807, 2.05) is 44.2 Å². The van der Waals surface area contributed by atoms with E-state index < -0.39 is 28.5 Å². The third kappa shape index (κ3) is 9.62. The van der Waals surface area contributed by atoms with E-state index in [2.05, 4.69) is 5.32 Å². The number of ether oxygens (including phenoxy) is 3. The first-order valence-corrected chi connectivity index (χ1v) is 18.2. The Hall–Kier alpha value is -4.45. The van der Waals surface area contributed by atoms with Gasteiger partial charge in [-0.3, -0.25) is 13.9 Å². The van der Waals surface area contributed by atoms with Gasteiger partial charge < -0.3 is 24.4 Å². The van der Waals surface area contributed by atoms with Crippen molar-refractivity contribution >= 4 is 50.7 Å². The number of carbonyl (C=O) groups excluding carboxylic acids is 2. The third-order valence-corrected chi connectivity index (χ3v) is 10.3. The molecule has 0 aliphatic heterocycles. The topological polar surface area (TPSA) is 114 Å². The molecule has 1 unspecified atom stereocenters. The van der Waals surface area contributed by atoms with E-state index >= 15 is 0 Å². The Bertz CT molecular complexity index is 1860. The highest BCUT2D eigenvalue weighted by atomic mass is 35.5. The Morgan fingerprint density at radius 3 is 2.14 bits per heavy atom. The van der Waals surface area contributed by atoms with Crippen LogP contribution in [0.1, 0.15) is 31.4 Å². The summed E-state index contributed by atoms with van der Waals surface area (Å²) in [6.45, 7) is 3.88. The summed E-state index contributed by atoms with van der Waals surface area (Å²) in [5.41, 5.74) is 1.63. The predicted molar refractivity (Wildman–Crippen MR) is 196 cm³/mol. The van der Waals surface area contributed by atoms with Crippen LogP contribution in [-0.4, -0.2) is 65.1 Å². The molecule has 1 N–H and O–H groups in total. The van der Waals surface area contributed by atoms with E-state index in [1.54, 1.807) is 42.5 Å². The standard InChI is InChI=1S/C37H41Cl2N3O7S/c1-5-20-40-37(44)33(22-26-10-8-7-9-11-26)41(24-27-12-18-31(38)32(39)21-27)36(43)25-42(28-13-15-29(16-14-28)49-6-2)50(45,46)30-17-19-34(47-3)35(23-30)48-4/h7-19,21,23,33H,5-6,20,22,24-25H2,1-4H3,(H,40,44). The van der Waals surface area contributed by atoms with Crippen molar-refractivity contribution in [2.24, 2.45) is 0 Å². The van der Waals surface area contributed by atoms with Gasteiger partial charge in [-0.2, -0.15) is 0 Å². The normalized spacial score (nSPS) is 11.7.